The molecule has 1 aliphatic rings. The van der Waals surface area contributed by atoms with Crippen LogP contribution in [0.4, 0.5) is 8.78 Å². The minimum Gasteiger partial charge on any atom is -0.497 e. The van der Waals surface area contributed by atoms with E-state index in [2.05, 4.69) is 27.4 Å². The summed E-state index contributed by atoms with van der Waals surface area (Å²) in [5.41, 5.74) is 0.272. The fraction of sp³-hybridized carbons (Fsp3) is 0.480. The van der Waals surface area contributed by atoms with Gasteiger partial charge < -0.3 is 14.7 Å². The summed E-state index contributed by atoms with van der Waals surface area (Å²) >= 11 is 3.63. The van der Waals surface area contributed by atoms with E-state index in [1.807, 2.05) is 11.8 Å². The standard InChI is InChI=1S/C25H30F2N2O2S2/c1-31-18-4-5-22-19(15-18)24(21(27)16-28-22)20(26)6-7-25(17-30)8-10-29(11-9-25)12-14-33-23-3-2-13-32-23/h2-5,13,15-16,20,30H,6-12,14,17H2,1H3/t20-/m1/s1. The molecule has 0 spiro atoms. The van der Waals surface area contributed by atoms with Crippen molar-refractivity contribution in [2.24, 2.45) is 5.41 Å². The van der Waals surface area contributed by atoms with Crippen molar-refractivity contribution in [2.45, 2.75) is 36.1 Å². The monoisotopic (exact) mass is 492 g/mol. The number of thiophene rings is 1. The number of halogens is 2. The van der Waals surface area contributed by atoms with Crippen LogP contribution in [0.5, 0.6) is 5.75 Å². The number of alkyl halides is 1. The highest BCUT2D eigenvalue weighted by molar-refractivity contribution is 8.01. The maximum absolute atomic E-state index is 15.4. The number of rotatable bonds is 10. The van der Waals surface area contributed by atoms with Crippen molar-refractivity contribution >= 4 is 34.0 Å². The molecule has 1 N–H and O–H groups in total. The quantitative estimate of drug-likeness (QED) is 0.347. The molecule has 1 saturated heterocycles. The Labute approximate surface area is 202 Å². The molecule has 0 amide bonds. The Morgan fingerprint density at radius 2 is 2.12 bits per heavy atom. The van der Waals surface area contributed by atoms with Crippen molar-refractivity contribution < 1.29 is 18.6 Å². The van der Waals surface area contributed by atoms with Gasteiger partial charge >= 0.3 is 0 Å². The van der Waals surface area contributed by atoms with Gasteiger partial charge in [-0.1, -0.05) is 6.07 Å². The summed E-state index contributed by atoms with van der Waals surface area (Å²) in [5, 5.41) is 12.7. The Balaban J connectivity index is 1.35. The lowest BCUT2D eigenvalue weighted by Crippen LogP contribution is -2.42. The first kappa shape index (κ1) is 24.4. The molecule has 0 aliphatic carbocycles. The molecular formula is C25H30F2N2O2S2. The first-order chi connectivity index (χ1) is 16.0. The fourth-order valence-electron chi connectivity index (χ4n) is 4.55. The van der Waals surface area contributed by atoms with Gasteiger partial charge in [0.05, 0.1) is 23.0 Å². The van der Waals surface area contributed by atoms with Gasteiger partial charge in [-0.25, -0.2) is 8.78 Å². The molecule has 3 aromatic rings. The Morgan fingerprint density at radius 3 is 2.82 bits per heavy atom. The maximum atomic E-state index is 15.4. The average Bonchev–Trinajstić information content (AvgIpc) is 3.36. The molecule has 0 saturated carbocycles. The summed E-state index contributed by atoms with van der Waals surface area (Å²) in [6.07, 6.45) is 1.97. The van der Waals surface area contributed by atoms with E-state index < -0.39 is 12.0 Å². The zero-order valence-electron chi connectivity index (χ0n) is 18.8. The number of aliphatic hydroxyl groups is 1. The van der Waals surface area contributed by atoms with Crippen molar-refractivity contribution in [3.05, 3.63) is 53.3 Å². The number of likely N-dealkylation sites (tertiary alicyclic amines) is 1. The zero-order chi connectivity index (χ0) is 23.3. The van der Waals surface area contributed by atoms with E-state index in [1.54, 1.807) is 29.5 Å². The minimum atomic E-state index is -1.47. The molecule has 1 atom stereocenters. The van der Waals surface area contributed by atoms with Crippen LogP contribution in [0.15, 0.2) is 46.1 Å². The van der Waals surface area contributed by atoms with Gasteiger partial charge in [0.2, 0.25) is 0 Å². The predicted octanol–water partition coefficient (Wildman–Crippen LogP) is 6.10. The van der Waals surface area contributed by atoms with Crippen molar-refractivity contribution in [1.82, 2.24) is 9.88 Å². The molecule has 1 aromatic carbocycles. The van der Waals surface area contributed by atoms with Crippen molar-refractivity contribution in [3.8, 4) is 5.75 Å². The van der Waals surface area contributed by atoms with Crippen LogP contribution >= 0.6 is 23.1 Å². The second kappa shape index (κ2) is 11.1. The second-order valence-electron chi connectivity index (χ2n) is 8.69. The number of pyridine rings is 1. The molecule has 0 unspecified atom stereocenters. The number of fused-ring (bicyclic) bond motifs is 1. The van der Waals surface area contributed by atoms with Crippen LogP contribution in [0, 0.1) is 11.2 Å². The van der Waals surface area contributed by atoms with Crippen molar-refractivity contribution in [2.75, 3.05) is 39.1 Å². The number of benzene rings is 1. The van der Waals surface area contributed by atoms with Gasteiger partial charge in [-0.2, -0.15) is 0 Å². The Kier molecular flexibility index (Phi) is 8.22. The summed E-state index contributed by atoms with van der Waals surface area (Å²) in [7, 11) is 1.53. The van der Waals surface area contributed by atoms with Gasteiger partial charge in [-0.05, 0) is 73.8 Å². The van der Waals surface area contributed by atoms with Crippen LogP contribution in [0.25, 0.3) is 10.9 Å². The minimum absolute atomic E-state index is 0.0326. The van der Waals surface area contributed by atoms with E-state index in [0.717, 1.165) is 44.4 Å². The van der Waals surface area contributed by atoms with E-state index >= 15 is 4.39 Å². The third kappa shape index (κ3) is 5.85. The molecule has 1 fully saturated rings. The third-order valence-electron chi connectivity index (χ3n) is 6.71. The Bertz CT molecular complexity index is 1040. The third-order valence-corrected chi connectivity index (χ3v) is 8.82. The molecular weight excluding hydrogens is 462 g/mol. The van der Waals surface area contributed by atoms with Crippen LogP contribution in [0.1, 0.15) is 37.4 Å². The van der Waals surface area contributed by atoms with E-state index in [4.69, 9.17) is 4.74 Å². The first-order valence-corrected chi connectivity index (χ1v) is 13.2. The summed E-state index contributed by atoms with van der Waals surface area (Å²) in [4.78, 5) is 6.50. The highest BCUT2D eigenvalue weighted by atomic mass is 32.2. The molecule has 33 heavy (non-hydrogen) atoms. The number of piperidine rings is 1. The number of methoxy groups -OCH3 is 1. The van der Waals surface area contributed by atoms with E-state index in [9.17, 15) is 9.50 Å². The first-order valence-electron chi connectivity index (χ1n) is 11.3. The highest BCUT2D eigenvalue weighted by Gasteiger charge is 2.35. The molecule has 4 rings (SSSR count). The molecule has 0 radical (unpaired) electrons. The summed E-state index contributed by atoms with van der Waals surface area (Å²) < 4.78 is 36.6. The molecule has 0 bridgehead atoms. The van der Waals surface area contributed by atoms with Crippen LogP contribution in [0.2, 0.25) is 0 Å². The van der Waals surface area contributed by atoms with Crippen molar-refractivity contribution in [3.63, 3.8) is 0 Å². The number of ether oxygens (including phenoxy) is 1. The number of nitrogens with zero attached hydrogens (tertiary/aromatic N) is 2. The lowest BCUT2D eigenvalue weighted by Gasteiger charge is -2.41. The molecule has 178 valence electrons. The zero-order valence-corrected chi connectivity index (χ0v) is 20.4. The molecule has 3 heterocycles. The summed E-state index contributed by atoms with van der Waals surface area (Å²) in [5.74, 6) is 0.941. The van der Waals surface area contributed by atoms with Gasteiger partial charge in [0, 0.05) is 29.9 Å². The van der Waals surface area contributed by atoms with Gasteiger partial charge in [0.15, 0.2) is 0 Å². The topological polar surface area (TPSA) is 45.6 Å². The van der Waals surface area contributed by atoms with Crippen LogP contribution in [0.3, 0.4) is 0 Å². The van der Waals surface area contributed by atoms with Gasteiger partial charge in [-0.3, -0.25) is 4.98 Å². The van der Waals surface area contributed by atoms with Crippen LogP contribution < -0.4 is 4.74 Å². The number of aliphatic hydroxyl groups excluding tert-OH is 1. The SMILES string of the molecule is COc1ccc2ncc(F)c([C@H](F)CCC3(CO)CCN(CCSc4cccs4)CC3)c2c1. The number of hydrogen-bond acceptors (Lipinski definition) is 6. The van der Waals surface area contributed by atoms with E-state index in [1.165, 1.54) is 11.3 Å². The Hall–Kier alpha value is -1.74. The fourth-order valence-corrected chi connectivity index (χ4v) is 6.41. The second-order valence-corrected chi connectivity index (χ2v) is 11.0. The maximum Gasteiger partial charge on any atom is 0.148 e. The normalized spacial score (nSPS) is 17.3. The van der Waals surface area contributed by atoms with Crippen molar-refractivity contribution in [1.29, 1.82) is 0 Å². The lowest BCUT2D eigenvalue weighted by molar-refractivity contribution is 0.0321. The molecule has 1 aliphatic heterocycles. The number of hydrogen-bond donors (Lipinski definition) is 1. The smallest absolute Gasteiger partial charge is 0.148 e. The Morgan fingerprint density at radius 1 is 1.30 bits per heavy atom. The van der Waals surface area contributed by atoms with Gasteiger partial charge in [0.25, 0.3) is 0 Å². The largest absolute Gasteiger partial charge is 0.497 e. The number of thioether (sulfide) groups is 1. The average molecular weight is 493 g/mol. The lowest BCUT2D eigenvalue weighted by atomic mass is 9.74. The highest BCUT2D eigenvalue weighted by Crippen LogP contribution is 2.40. The van der Waals surface area contributed by atoms with E-state index in [0.29, 0.717) is 23.1 Å². The molecule has 2 aromatic heterocycles. The van der Waals surface area contributed by atoms with Crippen LogP contribution in [-0.4, -0.2) is 54.1 Å². The molecule has 4 nitrogen and oxygen atoms in total. The van der Waals surface area contributed by atoms with Gasteiger partial charge in [-0.15, -0.1) is 23.1 Å². The van der Waals surface area contributed by atoms with E-state index in [-0.39, 0.29) is 24.0 Å². The number of aromatic nitrogens is 1. The van der Waals surface area contributed by atoms with Crippen LogP contribution in [-0.2, 0) is 0 Å². The predicted molar refractivity (Wildman–Crippen MR) is 132 cm³/mol. The summed E-state index contributed by atoms with van der Waals surface area (Å²) in [6.45, 7) is 2.83. The van der Waals surface area contributed by atoms with Gasteiger partial charge in [0.1, 0.15) is 17.7 Å². The summed E-state index contributed by atoms with van der Waals surface area (Å²) in [6, 6.07) is 9.30. The molecule has 8 heteroatoms.